The number of halogens is 3. The molecular formula is C27H21F3N4O. The summed E-state index contributed by atoms with van der Waals surface area (Å²) in [5.74, 6) is -0.463. The molecule has 0 aliphatic heterocycles. The van der Waals surface area contributed by atoms with Crippen LogP contribution in [0.1, 0.15) is 44.7 Å². The summed E-state index contributed by atoms with van der Waals surface area (Å²) in [5.41, 5.74) is 4.00. The minimum absolute atomic E-state index is 0.0342. The summed E-state index contributed by atoms with van der Waals surface area (Å²) < 4.78 is 41.5. The molecule has 0 spiro atoms. The molecule has 1 amide bonds. The van der Waals surface area contributed by atoms with E-state index in [1.54, 1.807) is 24.4 Å². The van der Waals surface area contributed by atoms with Crippen LogP contribution in [0.15, 0.2) is 73.3 Å². The second kappa shape index (κ2) is 9.29. The zero-order chi connectivity index (χ0) is 24.4. The van der Waals surface area contributed by atoms with Gasteiger partial charge in [-0.15, -0.1) is 0 Å². The van der Waals surface area contributed by atoms with Gasteiger partial charge in [0.2, 0.25) is 0 Å². The smallest absolute Gasteiger partial charge is 0.322 e. The Morgan fingerprint density at radius 3 is 2.60 bits per heavy atom. The average Bonchev–Trinajstić information content (AvgIpc) is 3.32. The second-order valence-corrected chi connectivity index (χ2v) is 8.43. The quantitative estimate of drug-likeness (QED) is 0.392. The fourth-order valence-corrected chi connectivity index (χ4v) is 4.45. The Bertz CT molecular complexity index is 1390. The molecule has 0 radical (unpaired) electrons. The molecule has 176 valence electrons. The predicted molar refractivity (Wildman–Crippen MR) is 126 cm³/mol. The van der Waals surface area contributed by atoms with Crippen molar-refractivity contribution in [2.45, 2.75) is 31.9 Å². The highest BCUT2D eigenvalue weighted by molar-refractivity contribution is 6.04. The summed E-state index contributed by atoms with van der Waals surface area (Å²) in [6, 6.07) is 14.3. The Balaban J connectivity index is 1.47. The molecular weight excluding hydrogens is 453 g/mol. The van der Waals surface area contributed by atoms with Gasteiger partial charge >= 0.3 is 6.18 Å². The second-order valence-electron chi connectivity index (χ2n) is 8.43. The molecule has 8 heteroatoms. The summed E-state index contributed by atoms with van der Waals surface area (Å²) in [7, 11) is 0. The van der Waals surface area contributed by atoms with E-state index in [0.717, 1.165) is 25.3 Å². The van der Waals surface area contributed by atoms with Crippen molar-refractivity contribution in [1.29, 1.82) is 0 Å². The molecule has 1 aliphatic rings. The standard InChI is InChI=1S/C27H21F3N4O/c28-27(29,30)23-9-7-19(26(35)34-21-8-6-17-3-1-4-18(17)14-21)13-20(23)15-25-22(5-2-11-32-25)24-10-12-31-16-33-24/h2,5-14,16H,1,3-4,15H2,(H,34,35). The van der Waals surface area contributed by atoms with Gasteiger partial charge in [-0.25, -0.2) is 9.97 Å². The number of pyridine rings is 1. The first kappa shape index (κ1) is 22.7. The zero-order valence-corrected chi connectivity index (χ0v) is 18.6. The lowest BCUT2D eigenvalue weighted by Crippen LogP contribution is -2.15. The van der Waals surface area contributed by atoms with E-state index in [1.165, 1.54) is 35.8 Å². The van der Waals surface area contributed by atoms with Crippen LogP contribution in [-0.2, 0) is 25.4 Å². The predicted octanol–water partition coefficient (Wildman–Crippen LogP) is 5.89. The lowest BCUT2D eigenvalue weighted by Gasteiger charge is -2.16. The Kier molecular flexibility index (Phi) is 6.03. The van der Waals surface area contributed by atoms with Gasteiger partial charge in [0.25, 0.3) is 5.91 Å². The van der Waals surface area contributed by atoms with Crippen LogP contribution in [-0.4, -0.2) is 20.9 Å². The normalized spacial score (nSPS) is 12.9. The Labute approximate surface area is 200 Å². The number of carbonyl (C=O) groups is 1. The molecule has 5 nitrogen and oxygen atoms in total. The lowest BCUT2D eigenvalue weighted by molar-refractivity contribution is -0.138. The molecule has 4 aromatic rings. The van der Waals surface area contributed by atoms with Gasteiger partial charge in [-0.3, -0.25) is 9.78 Å². The van der Waals surface area contributed by atoms with Gasteiger partial charge in [-0.2, -0.15) is 13.2 Å². The summed E-state index contributed by atoms with van der Waals surface area (Å²) in [6.07, 6.45) is 2.83. The molecule has 1 aliphatic carbocycles. The van der Waals surface area contributed by atoms with Crippen LogP contribution >= 0.6 is 0 Å². The largest absolute Gasteiger partial charge is 0.416 e. The summed E-state index contributed by atoms with van der Waals surface area (Å²) in [4.78, 5) is 25.4. The van der Waals surface area contributed by atoms with Crippen molar-refractivity contribution in [3.63, 3.8) is 0 Å². The highest BCUT2D eigenvalue weighted by Crippen LogP contribution is 2.35. The number of nitrogens with one attached hydrogen (secondary N) is 1. The number of hydrogen-bond acceptors (Lipinski definition) is 4. The van der Waals surface area contributed by atoms with Gasteiger partial charge in [0.05, 0.1) is 17.0 Å². The Hall–Kier alpha value is -4.07. The molecule has 0 atom stereocenters. The monoisotopic (exact) mass is 474 g/mol. The number of alkyl halides is 3. The van der Waals surface area contributed by atoms with Crippen LogP contribution in [0.5, 0.6) is 0 Å². The highest BCUT2D eigenvalue weighted by Gasteiger charge is 2.34. The van der Waals surface area contributed by atoms with E-state index < -0.39 is 17.6 Å². The molecule has 0 unspecified atom stereocenters. The molecule has 35 heavy (non-hydrogen) atoms. The number of anilines is 1. The van der Waals surface area contributed by atoms with Gasteiger partial charge in [0.15, 0.2) is 0 Å². The average molecular weight is 474 g/mol. The van der Waals surface area contributed by atoms with Crippen LogP contribution in [0, 0.1) is 0 Å². The third kappa shape index (κ3) is 4.91. The van der Waals surface area contributed by atoms with Crippen molar-refractivity contribution in [3.8, 4) is 11.3 Å². The number of benzene rings is 2. The van der Waals surface area contributed by atoms with E-state index in [2.05, 4.69) is 20.3 Å². The van der Waals surface area contributed by atoms with Crippen molar-refractivity contribution in [3.05, 3.63) is 107 Å². The van der Waals surface area contributed by atoms with Crippen LogP contribution in [0.2, 0.25) is 0 Å². The lowest BCUT2D eigenvalue weighted by atomic mass is 9.96. The molecule has 0 bridgehead atoms. The Morgan fingerprint density at radius 1 is 0.943 bits per heavy atom. The van der Waals surface area contributed by atoms with Crippen LogP contribution < -0.4 is 5.32 Å². The van der Waals surface area contributed by atoms with E-state index in [1.807, 2.05) is 18.2 Å². The van der Waals surface area contributed by atoms with E-state index >= 15 is 0 Å². The van der Waals surface area contributed by atoms with Gasteiger partial charge in [0, 0.05) is 35.6 Å². The number of amides is 1. The fraction of sp³-hybridized carbons (Fsp3) is 0.185. The molecule has 2 aromatic carbocycles. The Morgan fingerprint density at radius 2 is 1.80 bits per heavy atom. The van der Waals surface area contributed by atoms with E-state index in [4.69, 9.17) is 0 Å². The number of fused-ring (bicyclic) bond motifs is 1. The number of carbonyl (C=O) groups excluding carboxylic acids is 1. The van der Waals surface area contributed by atoms with Crippen molar-refractivity contribution in [1.82, 2.24) is 15.0 Å². The first-order chi connectivity index (χ1) is 16.9. The molecule has 0 saturated carbocycles. The fourth-order valence-electron chi connectivity index (χ4n) is 4.45. The third-order valence-corrected chi connectivity index (χ3v) is 6.14. The first-order valence-corrected chi connectivity index (χ1v) is 11.2. The molecule has 5 rings (SSSR count). The topological polar surface area (TPSA) is 67.8 Å². The number of nitrogens with zero attached hydrogens (tertiary/aromatic N) is 3. The van der Waals surface area contributed by atoms with Crippen molar-refractivity contribution >= 4 is 11.6 Å². The maximum absolute atomic E-state index is 13.8. The van der Waals surface area contributed by atoms with Crippen molar-refractivity contribution in [2.75, 3.05) is 5.32 Å². The zero-order valence-electron chi connectivity index (χ0n) is 18.6. The minimum Gasteiger partial charge on any atom is -0.322 e. The van der Waals surface area contributed by atoms with E-state index in [-0.39, 0.29) is 17.5 Å². The molecule has 1 N–H and O–H groups in total. The van der Waals surface area contributed by atoms with Gasteiger partial charge in [-0.05, 0) is 84.5 Å². The van der Waals surface area contributed by atoms with Crippen molar-refractivity contribution in [2.24, 2.45) is 0 Å². The SMILES string of the molecule is O=C(Nc1ccc2c(c1)CCC2)c1ccc(C(F)(F)F)c(Cc2ncccc2-c2ccncn2)c1. The maximum atomic E-state index is 13.8. The number of rotatable bonds is 5. The van der Waals surface area contributed by atoms with Crippen LogP contribution in [0.4, 0.5) is 18.9 Å². The van der Waals surface area contributed by atoms with Gasteiger partial charge in [0.1, 0.15) is 6.33 Å². The van der Waals surface area contributed by atoms with Crippen LogP contribution in [0.25, 0.3) is 11.3 Å². The molecule has 0 fully saturated rings. The number of aromatic nitrogens is 3. The third-order valence-electron chi connectivity index (χ3n) is 6.14. The maximum Gasteiger partial charge on any atom is 0.416 e. The minimum atomic E-state index is -4.58. The van der Waals surface area contributed by atoms with Gasteiger partial charge in [-0.1, -0.05) is 6.07 Å². The summed E-state index contributed by atoms with van der Waals surface area (Å²) in [6.45, 7) is 0. The van der Waals surface area contributed by atoms with Crippen molar-refractivity contribution < 1.29 is 18.0 Å². The highest BCUT2D eigenvalue weighted by atomic mass is 19.4. The molecule has 2 aromatic heterocycles. The molecule has 2 heterocycles. The van der Waals surface area contributed by atoms with Crippen LogP contribution in [0.3, 0.4) is 0 Å². The van der Waals surface area contributed by atoms with E-state index in [0.29, 0.717) is 22.6 Å². The van der Waals surface area contributed by atoms with E-state index in [9.17, 15) is 18.0 Å². The summed E-state index contributed by atoms with van der Waals surface area (Å²) >= 11 is 0. The summed E-state index contributed by atoms with van der Waals surface area (Å²) in [5, 5.41) is 2.82. The number of hydrogen-bond donors (Lipinski definition) is 1. The first-order valence-electron chi connectivity index (χ1n) is 11.2. The van der Waals surface area contributed by atoms with Gasteiger partial charge < -0.3 is 5.32 Å². The number of aryl methyl sites for hydroxylation is 2. The molecule has 0 saturated heterocycles.